The van der Waals surface area contributed by atoms with E-state index < -0.39 is 0 Å². The van der Waals surface area contributed by atoms with Crippen molar-refractivity contribution in [1.29, 1.82) is 0 Å². The van der Waals surface area contributed by atoms with Crippen LogP contribution in [0.5, 0.6) is 0 Å². The lowest BCUT2D eigenvalue weighted by molar-refractivity contribution is 0.0954. The highest BCUT2D eigenvalue weighted by Gasteiger charge is 2.09. The van der Waals surface area contributed by atoms with Crippen molar-refractivity contribution in [3.05, 3.63) is 42.1 Å². The van der Waals surface area contributed by atoms with Crippen LogP contribution >= 0.6 is 22.6 Å². The highest BCUT2D eigenvalue weighted by Crippen LogP contribution is 2.15. The minimum absolute atomic E-state index is 0.0248. The van der Waals surface area contributed by atoms with E-state index in [1.807, 2.05) is 30.3 Å². The largest absolute Gasteiger partial charge is 0.352 e. The van der Waals surface area contributed by atoms with Crippen LogP contribution in [0.4, 0.5) is 0 Å². The van der Waals surface area contributed by atoms with Gasteiger partial charge in [-0.1, -0.05) is 53.6 Å². The Balaban J connectivity index is 1.91. The SMILES string of the molecule is O=C(NCCCCCCI)c1cccc2cccnc12. The van der Waals surface area contributed by atoms with Crippen molar-refractivity contribution < 1.29 is 4.79 Å². The number of carbonyl (C=O) groups is 1. The van der Waals surface area contributed by atoms with Crippen LogP contribution in [0.2, 0.25) is 0 Å². The molecule has 3 nitrogen and oxygen atoms in total. The van der Waals surface area contributed by atoms with E-state index in [0.717, 1.165) is 23.9 Å². The van der Waals surface area contributed by atoms with Crippen molar-refractivity contribution in [2.75, 3.05) is 11.0 Å². The molecule has 0 unspecified atom stereocenters. The van der Waals surface area contributed by atoms with Crippen molar-refractivity contribution in [2.24, 2.45) is 0 Å². The van der Waals surface area contributed by atoms with Gasteiger partial charge in [0.25, 0.3) is 5.91 Å². The van der Waals surface area contributed by atoms with Gasteiger partial charge >= 0.3 is 0 Å². The van der Waals surface area contributed by atoms with E-state index in [0.29, 0.717) is 5.56 Å². The minimum Gasteiger partial charge on any atom is -0.352 e. The first-order chi connectivity index (χ1) is 9.83. The van der Waals surface area contributed by atoms with Gasteiger partial charge in [0.1, 0.15) is 0 Å². The van der Waals surface area contributed by atoms with Gasteiger partial charge in [-0.2, -0.15) is 0 Å². The summed E-state index contributed by atoms with van der Waals surface area (Å²) in [6, 6.07) is 9.57. The summed E-state index contributed by atoms with van der Waals surface area (Å²) in [6.07, 6.45) is 6.46. The van der Waals surface area contributed by atoms with Gasteiger partial charge in [0.2, 0.25) is 0 Å². The van der Waals surface area contributed by atoms with E-state index in [1.165, 1.54) is 23.7 Å². The molecule has 106 valence electrons. The first kappa shape index (κ1) is 15.2. The number of nitrogens with one attached hydrogen (secondary N) is 1. The Morgan fingerprint density at radius 3 is 2.75 bits per heavy atom. The zero-order valence-corrected chi connectivity index (χ0v) is 13.6. The van der Waals surface area contributed by atoms with Gasteiger partial charge in [-0.05, 0) is 29.4 Å². The van der Waals surface area contributed by atoms with E-state index in [9.17, 15) is 4.79 Å². The van der Waals surface area contributed by atoms with Gasteiger partial charge in [-0.3, -0.25) is 9.78 Å². The molecule has 0 spiro atoms. The van der Waals surface area contributed by atoms with Crippen LogP contribution in [0.3, 0.4) is 0 Å². The van der Waals surface area contributed by atoms with Crippen LogP contribution in [0.15, 0.2) is 36.5 Å². The Morgan fingerprint density at radius 2 is 1.90 bits per heavy atom. The number of para-hydroxylation sites is 1. The second kappa shape index (κ2) is 8.19. The number of fused-ring (bicyclic) bond motifs is 1. The third-order valence-corrected chi connectivity index (χ3v) is 3.99. The average molecular weight is 382 g/mol. The first-order valence-corrected chi connectivity index (χ1v) is 8.53. The number of rotatable bonds is 7. The maximum Gasteiger partial charge on any atom is 0.253 e. The molecule has 0 atom stereocenters. The number of benzene rings is 1. The van der Waals surface area contributed by atoms with Gasteiger partial charge in [-0.15, -0.1) is 0 Å². The predicted molar refractivity (Wildman–Crippen MR) is 91.4 cm³/mol. The summed E-state index contributed by atoms with van der Waals surface area (Å²) >= 11 is 2.40. The molecule has 0 bridgehead atoms. The van der Waals surface area contributed by atoms with Crippen molar-refractivity contribution in [1.82, 2.24) is 10.3 Å². The second-order valence-corrected chi connectivity index (χ2v) is 5.82. The summed E-state index contributed by atoms with van der Waals surface area (Å²) in [5, 5.41) is 3.99. The van der Waals surface area contributed by atoms with Gasteiger partial charge in [-0.25, -0.2) is 0 Å². The molecule has 0 saturated heterocycles. The molecule has 0 aliphatic rings. The number of pyridine rings is 1. The lowest BCUT2D eigenvalue weighted by Crippen LogP contribution is -2.24. The maximum absolute atomic E-state index is 12.2. The van der Waals surface area contributed by atoms with Crippen molar-refractivity contribution >= 4 is 39.4 Å². The van der Waals surface area contributed by atoms with Crippen LogP contribution < -0.4 is 5.32 Å². The van der Waals surface area contributed by atoms with Crippen LogP contribution in [0.25, 0.3) is 10.9 Å². The molecule has 20 heavy (non-hydrogen) atoms. The Kier molecular flexibility index (Phi) is 6.24. The fourth-order valence-corrected chi connectivity index (χ4v) is 2.70. The lowest BCUT2D eigenvalue weighted by atomic mass is 10.1. The Labute approximate surface area is 133 Å². The Hall–Kier alpha value is -1.17. The van der Waals surface area contributed by atoms with E-state index in [2.05, 4.69) is 32.9 Å². The third-order valence-electron chi connectivity index (χ3n) is 3.22. The quantitative estimate of drug-likeness (QED) is 0.448. The second-order valence-electron chi connectivity index (χ2n) is 4.74. The smallest absolute Gasteiger partial charge is 0.253 e. The number of aromatic nitrogens is 1. The number of hydrogen-bond acceptors (Lipinski definition) is 2. The van der Waals surface area contributed by atoms with E-state index in [4.69, 9.17) is 0 Å². The summed E-state index contributed by atoms with van der Waals surface area (Å²) in [4.78, 5) is 16.5. The number of hydrogen-bond donors (Lipinski definition) is 1. The molecule has 2 rings (SSSR count). The van der Waals surface area contributed by atoms with Crippen LogP contribution in [-0.2, 0) is 0 Å². The van der Waals surface area contributed by atoms with Crippen molar-refractivity contribution in [2.45, 2.75) is 25.7 Å². The summed E-state index contributed by atoms with van der Waals surface area (Å²) < 4.78 is 1.21. The topological polar surface area (TPSA) is 42.0 Å². The molecule has 1 aromatic carbocycles. The molecule has 2 aromatic rings. The normalized spacial score (nSPS) is 10.7. The maximum atomic E-state index is 12.2. The predicted octanol–water partition coefficient (Wildman–Crippen LogP) is 3.96. The average Bonchev–Trinajstić information content (AvgIpc) is 2.50. The highest BCUT2D eigenvalue weighted by atomic mass is 127. The summed E-state index contributed by atoms with van der Waals surface area (Å²) in [6.45, 7) is 0.739. The molecule has 0 aliphatic heterocycles. The molecule has 0 radical (unpaired) electrons. The van der Waals surface area contributed by atoms with Crippen molar-refractivity contribution in [3.63, 3.8) is 0 Å². The van der Waals surface area contributed by atoms with Crippen LogP contribution in [0.1, 0.15) is 36.0 Å². The molecule has 0 aliphatic carbocycles. The molecule has 0 fully saturated rings. The molecule has 1 N–H and O–H groups in total. The summed E-state index contributed by atoms with van der Waals surface area (Å²) in [7, 11) is 0. The van der Waals surface area contributed by atoms with Gasteiger partial charge in [0, 0.05) is 18.1 Å². The highest BCUT2D eigenvalue weighted by molar-refractivity contribution is 14.1. The number of nitrogens with zero attached hydrogens (tertiary/aromatic N) is 1. The molecular formula is C16H19IN2O. The van der Waals surface area contributed by atoms with Crippen molar-refractivity contribution in [3.8, 4) is 0 Å². The number of carbonyl (C=O) groups excluding carboxylic acids is 1. The Morgan fingerprint density at radius 1 is 1.10 bits per heavy atom. The summed E-state index contributed by atoms with van der Waals surface area (Å²) in [5.74, 6) is -0.0248. The minimum atomic E-state index is -0.0248. The van der Waals surface area contributed by atoms with E-state index in [-0.39, 0.29) is 5.91 Å². The molecule has 1 heterocycles. The number of amides is 1. The fraction of sp³-hybridized carbons (Fsp3) is 0.375. The van der Waals surface area contributed by atoms with Crippen LogP contribution in [-0.4, -0.2) is 21.9 Å². The van der Waals surface area contributed by atoms with Crippen LogP contribution in [0, 0.1) is 0 Å². The standard InChI is InChI=1S/C16H19IN2O/c17-10-3-1-2-4-11-19-16(20)14-9-5-7-13-8-6-12-18-15(13)14/h5-9,12H,1-4,10-11H2,(H,19,20). The lowest BCUT2D eigenvalue weighted by Gasteiger charge is -2.07. The molecule has 1 aromatic heterocycles. The zero-order chi connectivity index (χ0) is 14.2. The van der Waals surface area contributed by atoms with E-state index >= 15 is 0 Å². The molecule has 0 saturated carbocycles. The van der Waals surface area contributed by atoms with E-state index in [1.54, 1.807) is 6.20 Å². The van der Waals surface area contributed by atoms with Gasteiger partial charge < -0.3 is 5.32 Å². The Bertz CT molecular complexity index is 566. The monoisotopic (exact) mass is 382 g/mol. The molecular weight excluding hydrogens is 363 g/mol. The van der Waals surface area contributed by atoms with Gasteiger partial charge in [0.15, 0.2) is 0 Å². The summed E-state index contributed by atoms with van der Waals surface area (Å²) in [5.41, 5.74) is 1.44. The number of halogens is 1. The molecule has 4 heteroatoms. The van der Waals surface area contributed by atoms with Gasteiger partial charge in [0.05, 0.1) is 11.1 Å². The first-order valence-electron chi connectivity index (χ1n) is 7.01. The third kappa shape index (κ3) is 4.16. The fourth-order valence-electron chi connectivity index (χ4n) is 2.16. The zero-order valence-electron chi connectivity index (χ0n) is 11.4. The molecule has 1 amide bonds. The number of alkyl halides is 1. The number of unbranched alkanes of at least 4 members (excludes halogenated alkanes) is 3.